The van der Waals surface area contributed by atoms with Gasteiger partial charge in [0.15, 0.2) is 0 Å². The van der Waals surface area contributed by atoms with Gasteiger partial charge in [0, 0.05) is 0 Å². The number of hydrogen-bond donors (Lipinski definition) is 0. The predicted octanol–water partition coefficient (Wildman–Crippen LogP) is 3.60. The molecule has 1 aliphatic heterocycles. The lowest BCUT2D eigenvalue weighted by molar-refractivity contribution is -0.137. The van der Waals surface area contributed by atoms with Crippen molar-refractivity contribution in [2.24, 2.45) is 0 Å². The molecule has 0 radical (unpaired) electrons. The molecule has 0 N–H and O–H groups in total. The van der Waals surface area contributed by atoms with Crippen molar-refractivity contribution in [1.29, 1.82) is 0 Å². The Morgan fingerprint density at radius 2 is 1.88 bits per heavy atom. The van der Waals surface area contributed by atoms with Crippen LogP contribution in [0.1, 0.15) is 11.1 Å². The predicted molar refractivity (Wildman–Crippen MR) is 82.6 cm³/mol. The van der Waals surface area contributed by atoms with Crippen LogP contribution in [-0.2, 0) is 16.2 Å². The summed E-state index contributed by atoms with van der Waals surface area (Å²) in [5.74, 6) is 0.391. The number of sulfonamides is 1. The van der Waals surface area contributed by atoms with E-state index >= 15 is 0 Å². The van der Waals surface area contributed by atoms with Crippen LogP contribution >= 0.6 is 0 Å². The third-order valence-electron chi connectivity index (χ3n) is 3.68. The van der Waals surface area contributed by atoms with Gasteiger partial charge in [-0.05, 0) is 42.8 Å². The lowest BCUT2D eigenvalue weighted by Gasteiger charge is -2.30. The number of anilines is 1. The van der Waals surface area contributed by atoms with Crippen molar-refractivity contribution in [2.45, 2.75) is 18.0 Å². The number of rotatable bonds is 2. The Balaban J connectivity index is 2.09. The molecule has 128 valence electrons. The normalized spacial score (nSPS) is 14.9. The van der Waals surface area contributed by atoms with Crippen LogP contribution in [0.15, 0.2) is 47.4 Å². The van der Waals surface area contributed by atoms with Crippen LogP contribution < -0.4 is 9.04 Å². The Kier molecular flexibility index (Phi) is 3.95. The van der Waals surface area contributed by atoms with Crippen LogP contribution in [0.3, 0.4) is 0 Å². The molecule has 2 aromatic rings. The Morgan fingerprint density at radius 1 is 1.12 bits per heavy atom. The molecule has 8 heteroatoms. The van der Waals surface area contributed by atoms with Crippen molar-refractivity contribution in [2.75, 3.05) is 17.5 Å². The highest BCUT2D eigenvalue weighted by Crippen LogP contribution is 2.37. The molecule has 0 amide bonds. The zero-order chi connectivity index (χ0) is 17.5. The molecule has 1 heterocycles. The highest BCUT2D eigenvalue weighted by Gasteiger charge is 2.34. The van der Waals surface area contributed by atoms with Crippen molar-refractivity contribution in [1.82, 2.24) is 0 Å². The van der Waals surface area contributed by atoms with Crippen LogP contribution in [0.2, 0.25) is 0 Å². The molecule has 0 aliphatic carbocycles. The van der Waals surface area contributed by atoms with E-state index in [4.69, 9.17) is 4.74 Å². The fourth-order valence-electron chi connectivity index (χ4n) is 2.51. The summed E-state index contributed by atoms with van der Waals surface area (Å²) < 4.78 is 70.8. The van der Waals surface area contributed by atoms with E-state index in [1.807, 2.05) is 0 Å². The number of alkyl halides is 3. The average molecular weight is 357 g/mol. The summed E-state index contributed by atoms with van der Waals surface area (Å²) in [5.41, 5.74) is 0.156. The summed E-state index contributed by atoms with van der Waals surface area (Å²) in [6.07, 6.45) is -4.61. The number of benzene rings is 2. The van der Waals surface area contributed by atoms with Crippen molar-refractivity contribution in [3.05, 3.63) is 53.6 Å². The third kappa shape index (κ3) is 2.93. The number of halogens is 3. The molecular weight excluding hydrogens is 343 g/mol. The van der Waals surface area contributed by atoms with E-state index in [2.05, 4.69) is 0 Å². The van der Waals surface area contributed by atoms with Gasteiger partial charge >= 0.3 is 6.18 Å². The second kappa shape index (κ2) is 5.70. The number of fused-ring (bicyclic) bond motifs is 1. The van der Waals surface area contributed by atoms with E-state index in [0.717, 1.165) is 28.1 Å². The maximum atomic E-state index is 12.9. The molecule has 0 unspecified atom stereocenters. The average Bonchev–Trinajstić information content (AvgIpc) is 2.53. The third-order valence-corrected chi connectivity index (χ3v) is 5.49. The lowest BCUT2D eigenvalue weighted by Crippen LogP contribution is -2.38. The van der Waals surface area contributed by atoms with Crippen molar-refractivity contribution in [3.8, 4) is 5.75 Å². The van der Waals surface area contributed by atoms with Crippen molar-refractivity contribution < 1.29 is 26.3 Å². The van der Waals surface area contributed by atoms with Crippen molar-refractivity contribution in [3.63, 3.8) is 0 Å². The van der Waals surface area contributed by atoms with E-state index in [1.165, 1.54) is 0 Å². The monoisotopic (exact) mass is 357 g/mol. The van der Waals surface area contributed by atoms with Crippen LogP contribution in [-0.4, -0.2) is 21.6 Å². The van der Waals surface area contributed by atoms with Crippen LogP contribution in [0.5, 0.6) is 5.75 Å². The van der Waals surface area contributed by atoms with Crippen LogP contribution in [0.25, 0.3) is 0 Å². The summed E-state index contributed by atoms with van der Waals surface area (Å²) in [6.45, 7) is 1.97. The zero-order valence-electron chi connectivity index (χ0n) is 12.7. The molecule has 0 fully saturated rings. The Labute approximate surface area is 137 Å². The minimum atomic E-state index is -4.61. The second-order valence-electron chi connectivity index (χ2n) is 5.42. The number of hydrogen-bond acceptors (Lipinski definition) is 3. The first-order valence-electron chi connectivity index (χ1n) is 7.13. The van der Waals surface area contributed by atoms with Crippen LogP contribution in [0, 0.1) is 6.92 Å². The van der Waals surface area contributed by atoms with E-state index in [0.29, 0.717) is 17.5 Å². The molecule has 0 spiro atoms. The fourth-order valence-corrected chi connectivity index (χ4v) is 4.01. The molecule has 3 rings (SSSR count). The second-order valence-corrected chi connectivity index (χ2v) is 7.28. The highest BCUT2D eigenvalue weighted by atomic mass is 32.2. The first-order valence-corrected chi connectivity index (χ1v) is 8.57. The van der Waals surface area contributed by atoms with Gasteiger partial charge in [-0.15, -0.1) is 0 Å². The molecular formula is C16H14F3NO3S. The lowest BCUT2D eigenvalue weighted by atomic mass is 10.2. The summed E-state index contributed by atoms with van der Waals surface area (Å²) in [5, 5.41) is 0. The Morgan fingerprint density at radius 3 is 2.58 bits per heavy atom. The Hall–Kier alpha value is -2.22. The van der Waals surface area contributed by atoms with Gasteiger partial charge in [0.05, 0.1) is 22.7 Å². The molecule has 0 saturated heterocycles. The molecule has 4 nitrogen and oxygen atoms in total. The van der Waals surface area contributed by atoms with Gasteiger partial charge in [0.25, 0.3) is 10.0 Å². The molecule has 0 bridgehead atoms. The van der Waals surface area contributed by atoms with Crippen LogP contribution in [0.4, 0.5) is 18.9 Å². The summed E-state index contributed by atoms with van der Waals surface area (Å²) in [7, 11) is -4.12. The van der Waals surface area contributed by atoms with E-state index in [-0.39, 0.29) is 13.2 Å². The quantitative estimate of drug-likeness (QED) is 0.825. The fraction of sp³-hybridized carbons (Fsp3) is 0.250. The number of ether oxygens (including phenoxy) is 1. The largest absolute Gasteiger partial charge is 0.489 e. The number of aryl methyl sites for hydroxylation is 1. The first kappa shape index (κ1) is 16.6. The maximum absolute atomic E-state index is 12.9. The highest BCUT2D eigenvalue weighted by molar-refractivity contribution is 7.92. The maximum Gasteiger partial charge on any atom is 0.416 e. The molecule has 24 heavy (non-hydrogen) atoms. The minimum absolute atomic E-state index is 0.0367. The van der Waals surface area contributed by atoms with E-state index in [9.17, 15) is 21.6 Å². The SMILES string of the molecule is Cc1ccc2c(c1)N(S(=O)(=O)c1cccc(C(F)(F)F)c1)CCO2. The molecule has 2 aromatic carbocycles. The molecule has 0 atom stereocenters. The van der Waals surface area contributed by atoms with E-state index in [1.54, 1.807) is 25.1 Å². The van der Waals surface area contributed by atoms with Gasteiger partial charge in [0.2, 0.25) is 0 Å². The topological polar surface area (TPSA) is 46.6 Å². The smallest absolute Gasteiger partial charge is 0.416 e. The molecule has 0 saturated carbocycles. The standard InChI is InChI=1S/C16H14F3NO3S/c1-11-5-6-15-14(9-11)20(7-8-23-15)24(21,22)13-4-2-3-12(10-13)16(17,18)19/h2-6,9-10H,7-8H2,1H3. The first-order chi connectivity index (χ1) is 11.2. The van der Waals surface area contributed by atoms with Gasteiger partial charge in [-0.2, -0.15) is 13.2 Å². The van der Waals surface area contributed by atoms with E-state index < -0.39 is 26.7 Å². The van der Waals surface area contributed by atoms with Crippen molar-refractivity contribution >= 4 is 15.7 Å². The van der Waals surface area contributed by atoms with Gasteiger partial charge in [-0.25, -0.2) is 8.42 Å². The van der Waals surface area contributed by atoms with Gasteiger partial charge in [-0.3, -0.25) is 4.31 Å². The van der Waals surface area contributed by atoms with Gasteiger partial charge in [0.1, 0.15) is 12.4 Å². The zero-order valence-corrected chi connectivity index (χ0v) is 13.5. The number of nitrogens with zero attached hydrogens (tertiary/aromatic N) is 1. The minimum Gasteiger partial charge on any atom is -0.489 e. The summed E-state index contributed by atoms with van der Waals surface area (Å²) >= 11 is 0. The summed E-state index contributed by atoms with van der Waals surface area (Å²) in [4.78, 5) is -0.397. The summed E-state index contributed by atoms with van der Waals surface area (Å²) in [6, 6.07) is 8.82. The molecule has 0 aromatic heterocycles. The van der Waals surface area contributed by atoms with Gasteiger partial charge < -0.3 is 4.74 Å². The van der Waals surface area contributed by atoms with Gasteiger partial charge in [-0.1, -0.05) is 12.1 Å². The Bertz CT molecular complexity index is 878. The molecule has 1 aliphatic rings.